The Kier molecular flexibility index (Phi) is 5.83. The Morgan fingerprint density at radius 2 is 2.23 bits per heavy atom. The second kappa shape index (κ2) is 8.47. The van der Waals surface area contributed by atoms with Crippen molar-refractivity contribution in [2.45, 2.75) is 24.0 Å². The molecule has 2 aromatic heterocycles. The molecular formula is C16H21N5O3S2. The zero-order valence-corrected chi connectivity index (χ0v) is 16.0. The van der Waals surface area contributed by atoms with E-state index in [2.05, 4.69) is 25.2 Å². The maximum absolute atomic E-state index is 12.1. The lowest BCUT2D eigenvalue weighted by molar-refractivity contribution is -0.119. The van der Waals surface area contributed by atoms with Gasteiger partial charge in [-0.05, 0) is 12.8 Å². The summed E-state index contributed by atoms with van der Waals surface area (Å²) in [5.74, 6) is 0.319. The van der Waals surface area contributed by atoms with Crippen LogP contribution in [-0.2, 0) is 14.3 Å². The SMILES string of the molecule is O=C(CSc1ncnc2nc(N3CCOCC3)sc12)NC[C@H]1CCCO1. The fourth-order valence-corrected chi connectivity index (χ4v) is 4.90. The minimum atomic E-state index is -0.00446. The fraction of sp³-hybridized carbons (Fsp3) is 0.625. The molecule has 2 aliphatic heterocycles. The third kappa shape index (κ3) is 4.25. The van der Waals surface area contributed by atoms with Gasteiger partial charge in [-0.1, -0.05) is 23.1 Å². The smallest absolute Gasteiger partial charge is 0.230 e. The van der Waals surface area contributed by atoms with Gasteiger partial charge in [-0.25, -0.2) is 9.97 Å². The van der Waals surface area contributed by atoms with Gasteiger partial charge in [-0.15, -0.1) is 0 Å². The number of thiazole rings is 1. The Labute approximate surface area is 159 Å². The van der Waals surface area contributed by atoms with E-state index >= 15 is 0 Å². The molecule has 140 valence electrons. The van der Waals surface area contributed by atoms with Crippen molar-refractivity contribution in [2.24, 2.45) is 0 Å². The van der Waals surface area contributed by atoms with E-state index in [1.54, 1.807) is 11.3 Å². The number of ether oxygens (including phenoxy) is 2. The van der Waals surface area contributed by atoms with Gasteiger partial charge in [0.2, 0.25) is 5.91 Å². The summed E-state index contributed by atoms with van der Waals surface area (Å²) >= 11 is 3.00. The average molecular weight is 396 g/mol. The van der Waals surface area contributed by atoms with Crippen LogP contribution in [0.2, 0.25) is 0 Å². The van der Waals surface area contributed by atoms with E-state index < -0.39 is 0 Å². The molecule has 2 aliphatic rings. The number of carbonyl (C=O) groups excluding carboxylic acids is 1. The number of aromatic nitrogens is 3. The second-order valence-corrected chi connectivity index (χ2v) is 8.10. The van der Waals surface area contributed by atoms with Crippen LogP contribution in [0, 0.1) is 0 Å². The van der Waals surface area contributed by atoms with E-state index in [0.29, 0.717) is 31.2 Å². The number of hydrogen-bond donors (Lipinski definition) is 1. The Morgan fingerprint density at radius 3 is 3.04 bits per heavy atom. The number of nitrogens with one attached hydrogen (secondary N) is 1. The normalized spacial score (nSPS) is 20.6. The van der Waals surface area contributed by atoms with Crippen molar-refractivity contribution < 1.29 is 14.3 Å². The third-order valence-corrected chi connectivity index (χ3v) is 6.55. The van der Waals surface area contributed by atoms with E-state index in [-0.39, 0.29) is 12.0 Å². The number of nitrogens with zero attached hydrogens (tertiary/aromatic N) is 4. The molecule has 2 fully saturated rings. The molecule has 2 aromatic rings. The number of fused-ring (bicyclic) bond motifs is 1. The van der Waals surface area contributed by atoms with E-state index in [4.69, 9.17) is 9.47 Å². The van der Waals surface area contributed by atoms with E-state index in [0.717, 1.165) is 47.4 Å². The average Bonchev–Trinajstić information content (AvgIpc) is 3.35. The standard InChI is InChI=1S/C16H21N5O3S2/c22-12(17-8-11-2-1-5-24-11)9-25-15-13-14(18-10-19-15)20-16(26-13)21-3-6-23-7-4-21/h10-11H,1-9H2,(H,17,22)/t11-/m1/s1. The van der Waals surface area contributed by atoms with Gasteiger partial charge in [0.15, 0.2) is 10.8 Å². The minimum Gasteiger partial charge on any atom is -0.378 e. The molecule has 0 unspecified atom stereocenters. The summed E-state index contributed by atoms with van der Waals surface area (Å²) < 4.78 is 11.9. The summed E-state index contributed by atoms with van der Waals surface area (Å²) in [5.41, 5.74) is 0.689. The first-order chi connectivity index (χ1) is 12.8. The van der Waals surface area contributed by atoms with Gasteiger partial charge in [0.1, 0.15) is 16.1 Å². The molecule has 0 bridgehead atoms. The first kappa shape index (κ1) is 17.9. The summed E-state index contributed by atoms with van der Waals surface area (Å²) in [6, 6.07) is 0. The molecule has 0 saturated carbocycles. The highest BCUT2D eigenvalue weighted by Crippen LogP contribution is 2.33. The third-order valence-electron chi connectivity index (χ3n) is 4.32. The van der Waals surface area contributed by atoms with Crippen molar-refractivity contribution in [3.8, 4) is 0 Å². The van der Waals surface area contributed by atoms with Crippen molar-refractivity contribution >= 4 is 44.5 Å². The second-order valence-electron chi connectivity index (χ2n) is 6.16. The molecule has 0 radical (unpaired) electrons. The molecule has 0 aliphatic carbocycles. The summed E-state index contributed by atoms with van der Waals surface area (Å²) in [5, 5.41) is 4.68. The van der Waals surface area contributed by atoms with Crippen LogP contribution < -0.4 is 10.2 Å². The van der Waals surface area contributed by atoms with Crippen molar-refractivity contribution in [3.05, 3.63) is 6.33 Å². The molecule has 1 atom stereocenters. The van der Waals surface area contributed by atoms with Crippen LogP contribution in [0.1, 0.15) is 12.8 Å². The van der Waals surface area contributed by atoms with Gasteiger partial charge in [0.05, 0.1) is 25.1 Å². The molecule has 2 saturated heterocycles. The topological polar surface area (TPSA) is 89.5 Å². The van der Waals surface area contributed by atoms with Crippen LogP contribution >= 0.6 is 23.1 Å². The Hall–Kier alpha value is -1.49. The van der Waals surface area contributed by atoms with Gasteiger partial charge in [0.25, 0.3) is 0 Å². The van der Waals surface area contributed by atoms with E-state index in [1.165, 1.54) is 18.1 Å². The van der Waals surface area contributed by atoms with E-state index in [9.17, 15) is 4.79 Å². The van der Waals surface area contributed by atoms with Crippen LogP contribution in [0.3, 0.4) is 0 Å². The summed E-state index contributed by atoms with van der Waals surface area (Å²) in [7, 11) is 0. The number of hydrogen-bond acceptors (Lipinski definition) is 9. The molecule has 4 heterocycles. The molecule has 1 amide bonds. The van der Waals surface area contributed by atoms with Crippen LogP contribution in [0.5, 0.6) is 0 Å². The van der Waals surface area contributed by atoms with Gasteiger partial charge in [-0.3, -0.25) is 4.79 Å². The van der Waals surface area contributed by atoms with Gasteiger partial charge < -0.3 is 19.7 Å². The Balaban J connectivity index is 1.37. The number of carbonyl (C=O) groups is 1. The lowest BCUT2D eigenvalue weighted by Crippen LogP contribution is -2.36. The quantitative estimate of drug-likeness (QED) is 0.578. The van der Waals surface area contributed by atoms with Crippen LogP contribution in [0.15, 0.2) is 11.4 Å². The molecule has 4 rings (SSSR count). The van der Waals surface area contributed by atoms with Crippen molar-refractivity contribution in [1.29, 1.82) is 0 Å². The Morgan fingerprint density at radius 1 is 1.35 bits per heavy atom. The Bertz CT molecular complexity index is 759. The predicted octanol–water partition coefficient (Wildman–Crippen LogP) is 1.31. The highest BCUT2D eigenvalue weighted by molar-refractivity contribution is 8.00. The highest BCUT2D eigenvalue weighted by atomic mass is 32.2. The molecular weight excluding hydrogens is 374 g/mol. The first-order valence-corrected chi connectivity index (χ1v) is 10.5. The summed E-state index contributed by atoms with van der Waals surface area (Å²) in [4.78, 5) is 27.5. The zero-order valence-electron chi connectivity index (χ0n) is 14.3. The number of thioether (sulfide) groups is 1. The number of anilines is 1. The monoisotopic (exact) mass is 395 g/mol. The van der Waals surface area contributed by atoms with Crippen LogP contribution in [-0.4, -0.2) is 72.2 Å². The van der Waals surface area contributed by atoms with Crippen molar-refractivity contribution in [2.75, 3.05) is 50.1 Å². The zero-order chi connectivity index (χ0) is 17.8. The van der Waals surface area contributed by atoms with Crippen molar-refractivity contribution in [1.82, 2.24) is 20.3 Å². The molecule has 0 aromatic carbocycles. The maximum atomic E-state index is 12.1. The molecule has 8 nitrogen and oxygen atoms in total. The first-order valence-electron chi connectivity index (χ1n) is 8.75. The van der Waals surface area contributed by atoms with Gasteiger partial charge >= 0.3 is 0 Å². The van der Waals surface area contributed by atoms with Crippen molar-refractivity contribution in [3.63, 3.8) is 0 Å². The fourth-order valence-electron chi connectivity index (χ4n) is 2.93. The lowest BCUT2D eigenvalue weighted by Gasteiger charge is -2.25. The predicted molar refractivity (Wildman–Crippen MR) is 101 cm³/mol. The molecule has 0 spiro atoms. The number of rotatable bonds is 6. The van der Waals surface area contributed by atoms with Crippen LogP contribution in [0.25, 0.3) is 10.3 Å². The molecule has 10 heteroatoms. The van der Waals surface area contributed by atoms with Gasteiger partial charge in [0, 0.05) is 26.2 Å². The number of morpholine rings is 1. The molecule has 1 N–H and O–H groups in total. The highest BCUT2D eigenvalue weighted by Gasteiger charge is 2.19. The summed E-state index contributed by atoms with van der Waals surface area (Å²) in [6.07, 6.45) is 3.76. The molecule has 26 heavy (non-hydrogen) atoms. The largest absolute Gasteiger partial charge is 0.378 e. The maximum Gasteiger partial charge on any atom is 0.230 e. The van der Waals surface area contributed by atoms with Crippen LogP contribution in [0.4, 0.5) is 5.13 Å². The van der Waals surface area contributed by atoms with Gasteiger partial charge in [-0.2, -0.15) is 4.98 Å². The minimum absolute atomic E-state index is 0.00446. The summed E-state index contributed by atoms with van der Waals surface area (Å²) in [6.45, 7) is 4.48. The number of amides is 1. The van der Waals surface area contributed by atoms with E-state index in [1.807, 2.05) is 0 Å². The lowest BCUT2D eigenvalue weighted by atomic mass is 10.2.